The highest BCUT2D eigenvalue weighted by atomic mass is 32.2. The quantitative estimate of drug-likeness (QED) is 0.754. The van der Waals surface area contributed by atoms with Crippen molar-refractivity contribution in [3.05, 3.63) is 23.8 Å². The molecule has 1 saturated carbocycles. The average Bonchev–Trinajstić information content (AvgIpc) is 2.38. The maximum Gasteiger partial charge on any atom is 0.153 e. The van der Waals surface area contributed by atoms with Gasteiger partial charge in [0.1, 0.15) is 5.82 Å². The first kappa shape index (κ1) is 11.6. The van der Waals surface area contributed by atoms with Crippen LogP contribution in [0, 0.1) is 0 Å². The van der Waals surface area contributed by atoms with E-state index in [0.717, 1.165) is 23.1 Å². The molecule has 0 radical (unpaired) electrons. The zero-order valence-corrected chi connectivity index (χ0v) is 10.1. The number of carbonyl (C=O) groups excluding carboxylic acids is 1. The molecule has 1 aliphatic carbocycles. The van der Waals surface area contributed by atoms with E-state index in [1.54, 1.807) is 12.4 Å². The van der Waals surface area contributed by atoms with Gasteiger partial charge < -0.3 is 0 Å². The van der Waals surface area contributed by atoms with Gasteiger partial charge in [-0.15, -0.1) is 0 Å². The van der Waals surface area contributed by atoms with E-state index in [2.05, 4.69) is 9.97 Å². The van der Waals surface area contributed by atoms with Crippen molar-refractivity contribution in [2.45, 2.75) is 43.1 Å². The van der Waals surface area contributed by atoms with Gasteiger partial charge in [0.2, 0.25) is 0 Å². The summed E-state index contributed by atoms with van der Waals surface area (Å²) in [6.07, 6.45) is 10.7. The molecular formula is C12H16N2OS. The van der Waals surface area contributed by atoms with Crippen molar-refractivity contribution >= 4 is 18.0 Å². The van der Waals surface area contributed by atoms with Gasteiger partial charge in [0.15, 0.2) is 6.29 Å². The minimum absolute atomic E-state index is 0.548. The van der Waals surface area contributed by atoms with Crippen LogP contribution in [0.5, 0.6) is 0 Å². The molecule has 3 nitrogen and oxygen atoms in total. The maximum atomic E-state index is 10.4. The van der Waals surface area contributed by atoms with Crippen molar-refractivity contribution in [3.63, 3.8) is 0 Å². The predicted octanol–water partition coefficient (Wildman–Crippen LogP) is 2.86. The second-order valence-corrected chi connectivity index (χ2v) is 5.41. The average molecular weight is 236 g/mol. The van der Waals surface area contributed by atoms with Crippen molar-refractivity contribution in [3.8, 4) is 0 Å². The number of aldehydes is 1. The van der Waals surface area contributed by atoms with Crippen LogP contribution in [0.15, 0.2) is 12.4 Å². The van der Waals surface area contributed by atoms with E-state index >= 15 is 0 Å². The van der Waals surface area contributed by atoms with Crippen molar-refractivity contribution in [1.29, 1.82) is 0 Å². The molecule has 0 aromatic carbocycles. The summed E-state index contributed by atoms with van der Waals surface area (Å²) in [6.45, 7) is 0. The van der Waals surface area contributed by atoms with E-state index in [0.29, 0.717) is 5.56 Å². The molecular weight excluding hydrogens is 220 g/mol. The van der Waals surface area contributed by atoms with Gasteiger partial charge in [-0.2, -0.15) is 11.8 Å². The summed E-state index contributed by atoms with van der Waals surface area (Å²) in [5.74, 6) is 1.70. The maximum absolute atomic E-state index is 10.4. The number of aromatic nitrogens is 2. The van der Waals surface area contributed by atoms with Crippen molar-refractivity contribution in [1.82, 2.24) is 9.97 Å². The third kappa shape index (κ3) is 3.30. The number of nitrogens with zero attached hydrogens (tertiary/aromatic N) is 2. The molecule has 0 spiro atoms. The Morgan fingerprint density at radius 3 is 2.56 bits per heavy atom. The van der Waals surface area contributed by atoms with Gasteiger partial charge in [0.05, 0.1) is 11.3 Å². The molecule has 4 heteroatoms. The molecule has 0 unspecified atom stereocenters. The lowest BCUT2D eigenvalue weighted by Gasteiger charge is -2.20. The van der Waals surface area contributed by atoms with Crippen LogP contribution in [0.3, 0.4) is 0 Å². The van der Waals surface area contributed by atoms with Gasteiger partial charge in [-0.25, -0.2) is 9.97 Å². The molecule has 0 N–H and O–H groups in total. The highest BCUT2D eigenvalue weighted by Gasteiger charge is 2.14. The van der Waals surface area contributed by atoms with E-state index in [1.807, 2.05) is 11.8 Å². The summed E-state index contributed by atoms with van der Waals surface area (Å²) in [6, 6.07) is 0. The van der Waals surface area contributed by atoms with Crippen LogP contribution in [-0.4, -0.2) is 21.5 Å². The Bertz CT molecular complexity index is 333. The van der Waals surface area contributed by atoms with Gasteiger partial charge in [0.25, 0.3) is 0 Å². The monoisotopic (exact) mass is 236 g/mol. The molecule has 1 aromatic rings. The zero-order chi connectivity index (χ0) is 11.2. The molecule has 0 bridgehead atoms. The minimum atomic E-state index is 0.548. The standard InChI is InChI=1S/C12H16N2OS/c15-8-10-6-13-12(14-7-10)9-16-11-4-2-1-3-5-11/h6-8,11H,1-5,9H2. The molecule has 16 heavy (non-hydrogen) atoms. The van der Waals surface area contributed by atoms with E-state index in [9.17, 15) is 4.79 Å². The fourth-order valence-corrected chi connectivity index (χ4v) is 3.12. The van der Waals surface area contributed by atoms with Crippen LogP contribution >= 0.6 is 11.8 Å². The second-order valence-electron chi connectivity index (χ2n) is 4.12. The van der Waals surface area contributed by atoms with Crippen molar-refractivity contribution in [2.75, 3.05) is 0 Å². The van der Waals surface area contributed by atoms with Gasteiger partial charge in [-0.05, 0) is 12.8 Å². The first-order valence-electron chi connectivity index (χ1n) is 5.76. The summed E-state index contributed by atoms with van der Waals surface area (Å²) in [5.41, 5.74) is 0.548. The highest BCUT2D eigenvalue weighted by Crippen LogP contribution is 2.29. The molecule has 0 saturated heterocycles. The Hall–Kier alpha value is -0.900. The first-order chi connectivity index (χ1) is 7.88. The molecule has 0 aliphatic heterocycles. The number of thioether (sulfide) groups is 1. The summed E-state index contributed by atoms with van der Waals surface area (Å²) in [7, 11) is 0. The summed E-state index contributed by atoms with van der Waals surface area (Å²) < 4.78 is 0. The van der Waals surface area contributed by atoms with E-state index in [-0.39, 0.29) is 0 Å². The van der Waals surface area contributed by atoms with Crippen LogP contribution in [0.2, 0.25) is 0 Å². The number of rotatable bonds is 4. The SMILES string of the molecule is O=Cc1cnc(CSC2CCCCC2)nc1. The van der Waals surface area contributed by atoms with E-state index in [1.165, 1.54) is 32.1 Å². The van der Waals surface area contributed by atoms with Crippen LogP contribution in [0.4, 0.5) is 0 Å². The number of hydrogen-bond acceptors (Lipinski definition) is 4. The lowest BCUT2D eigenvalue weighted by Crippen LogP contribution is -2.08. The molecule has 0 atom stereocenters. The Morgan fingerprint density at radius 1 is 1.25 bits per heavy atom. The summed E-state index contributed by atoms with van der Waals surface area (Å²) in [4.78, 5) is 18.8. The molecule has 0 amide bonds. The van der Waals surface area contributed by atoms with Crippen LogP contribution in [0.1, 0.15) is 48.3 Å². The molecule has 1 heterocycles. The predicted molar refractivity (Wildman–Crippen MR) is 65.6 cm³/mol. The number of carbonyl (C=O) groups is 1. The Kier molecular flexibility index (Phi) is 4.34. The smallest absolute Gasteiger partial charge is 0.153 e. The van der Waals surface area contributed by atoms with Crippen LogP contribution in [-0.2, 0) is 5.75 Å². The second kappa shape index (κ2) is 5.99. The van der Waals surface area contributed by atoms with Crippen LogP contribution in [0.25, 0.3) is 0 Å². The summed E-state index contributed by atoms with van der Waals surface area (Å²) >= 11 is 1.95. The molecule has 1 fully saturated rings. The van der Waals surface area contributed by atoms with Crippen molar-refractivity contribution in [2.24, 2.45) is 0 Å². The molecule has 86 valence electrons. The Labute approximate surface area is 100 Å². The molecule has 2 rings (SSSR count). The van der Waals surface area contributed by atoms with Gasteiger partial charge >= 0.3 is 0 Å². The Morgan fingerprint density at radius 2 is 1.94 bits per heavy atom. The minimum Gasteiger partial charge on any atom is -0.298 e. The normalized spacial score (nSPS) is 17.2. The third-order valence-electron chi connectivity index (χ3n) is 2.86. The highest BCUT2D eigenvalue weighted by molar-refractivity contribution is 7.99. The van der Waals surface area contributed by atoms with Gasteiger partial charge in [-0.1, -0.05) is 19.3 Å². The lowest BCUT2D eigenvalue weighted by atomic mass is 10.0. The molecule has 1 aliphatic rings. The zero-order valence-electron chi connectivity index (χ0n) is 9.26. The fraction of sp³-hybridized carbons (Fsp3) is 0.583. The Balaban J connectivity index is 1.81. The van der Waals surface area contributed by atoms with Gasteiger partial charge in [0, 0.05) is 17.6 Å². The third-order valence-corrected chi connectivity index (χ3v) is 4.23. The topological polar surface area (TPSA) is 42.9 Å². The van der Waals surface area contributed by atoms with Crippen LogP contribution < -0.4 is 0 Å². The largest absolute Gasteiger partial charge is 0.298 e. The summed E-state index contributed by atoms with van der Waals surface area (Å²) in [5, 5.41) is 0.781. The van der Waals surface area contributed by atoms with E-state index < -0.39 is 0 Å². The number of hydrogen-bond donors (Lipinski definition) is 0. The van der Waals surface area contributed by atoms with E-state index in [4.69, 9.17) is 0 Å². The molecule has 1 aromatic heterocycles. The lowest BCUT2D eigenvalue weighted by molar-refractivity contribution is 0.112. The van der Waals surface area contributed by atoms with Gasteiger partial charge in [-0.3, -0.25) is 4.79 Å². The van der Waals surface area contributed by atoms with Crippen molar-refractivity contribution < 1.29 is 4.79 Å². The fourth-order valence-electron chi connectivity index (χ4n) is 1.92. The first-order valence-corrected chi connectivity index (χ1v) is 6.81.